The first kappa shape index (κ1) is 18.4. The van der Waals surface area contributed by atoms with Crippen LogP contribution in [0.15, 0.2) is 78.9 Å². The van der Waals surface area contributed by atoms with E-state index in [1.54, 1.807) is 60.7 Å². The summed E-state index contributed by atoms with van der Waals surface area (Å²) < 4.78 is 19.5. The number of benzene rings is 3. The third-order valence-electron chi connectivity index (χ3n) is 3.82. The molecule has 0 aliphatic rings. The maximum absolute atomic E-state index is 13.8. The van der Waals surface area contributed by atoms with Crippen LogP contribution in [0.3, 0.4) is 0 Å². The van der Waals surface area contributed by atoms with E-state index in [0.717, 1.165) is 12.1 Å². The molecular weight excluding hydrogens is 369 g/mol. The van der Waals surface area contributed by atoms with Crippen LogP contribution in [0, 0.1) is 10.1 Å². The molecule has 0 saturated carbocycles. The molecule has 7 nitrogen and oxygen atoms in total. The van der Waals surface area contributed by atoms with Crippen molar-refractivity contribution in [3.8, 4) is 5.75 Å². The standard InChI is InChI=1S/C19H14NO6P/c21-19(22)14-11-12-18(17(13-14)20(23)24)26-27(25,15-7-3-1-4-8-15)16-9-5-2-6-10-16/h1-13H,(H,21,22). The Morgan fingerprint density at radius 3 is 1.89 bits per heavy atom. The van der Waals surface area contributed by atoms with Crippen molar-refractivity contribution >= 4 is 29.6 Å². The Kier molecular flexibility index (Phi) is 5.05. The Hall–Kier alpha value is -3.44. The molecule has 27 heavy (non-hydrogen) atoms. The SMILES string of the molecule is O=C(O)c1ccc(OP(=O)(c2ccccc2)c2ccccc2)c([N+](=O)[O-])c1. The Bertz CT molecular complexity index is 993. The largest absolute Gasteiger partial charge is 0.478 e. The summed E-state index contributed by atoms with van der Waals surface area (Å²) in [4.78, 5) is 21.7. The maximum Gasteiger partial charge on any atom is 0.335 e. The predicted octanol–water partition coefficient (Wildman–Crippen LogP) is 3.60. The van der Waals surface area contributed by atoms with Gasteiger partial charge in [-0.15, -0.1) is 0 Å². The van der Waals surface area contributed by atoms with Crippen LogP contribution in [0.4, 0.5) is 5.69 Å². The highest BCUT2D eigenvalue weighted by molar-refractivity contribution is 7.74. The van der Waals surface area contributed by atoms with Gasteiger partial charge in [-0.1, -0.05) is 36.4 Å². The fourth-order valence-electron chi connectivity index (χ4n) is 2.51. The van der Waals surface area contributed by atoms with Crippen molar-refractivity contribution in [2.45, 2.75) is 0 Å². The lowest BCUT2D eigenvalue weighted by atomic mass is 10.2. The number of carboxylic acids is 1. The lowest BCUT2D eigenvalue weighted by Gasteiger charge is -2.20. The van der Waals surface area contributed by atoms with Gasteiger partial charge in [0.05, 0.1) is 21.1 Å². The van der Waals surface area contributed by atoms with Crippen molar-refractivity contribution in [1.82, 2.24) is 0 Å². The van der Waals surface area contributed by atoms with Gasteiger partial charge in [0.1, 0.15) is 0 Å². The molecule has 0 unspecified atom stereocenters. The van der Waals surface area contributed by atoms with E-state index in [1.165, 1.54) is 6.07 Å². The second kappa shape index (κ2) is 7.43. The molecule has 3 aromatic carbocycles. The number of carboxylic acid groups (broad SMARTS) is 1. The number of aromatic carboxylic acids is 1. The number of rotatable bonds is 6. The fourth-order valence-corrected chi connectivity index (χ4v) is 4.58. The Morgan fingerprint density at radius 1 is 0.926 bits per heavy atom. The van der Waals surface area contributed by atoms with Crippen LogP contribution in [0.1, 0.15) is 10.4 Å². The number of nitrogens with zero attached hydrogens (tertiary/aromatic N) is 1. The highest BCUT2D eigenvalue weighted by atomic mass is 31.2. The summed E-state index contributed by atoms with van der Waals surface area (Å²) in [7, 11) is -3.70. The summed E-state index contributed by atoms with van der Waals surface area (Å²) in [6, 6.07) is 19.9. The zero-order chi connectivity index (χ0) is 19.4. The van der Waals surface area contributed by atoms with Crippen LogP contribution >= 0.6 is 7.37 Å². The summed E-state index contributed by atoms with van der Waals surface area (Å²) >= 11 is 0. The second-order valence-corrected chi connectivity index (χ2v) is 7.88. The lowest BCUT2D eigenvalue weighted by Crippen LogP contribution is -2.20. The molecule has 0 fully saturated rings. The molecule has 0 aliphatic carbocycles. The van der Waals surface area contributed by atoms with Crippen molar-refractivity contribution in [2.24, 2.45) is 0 Å². The van der Waals surface area contributed by atoms with Crippen molar-refractivity contribution in [3.05, 3.63) is 94.5 Å². The molecule has 0 atom stereocenters. The molecular formula is C19H14NO6P. The van der Waals surface area contributed by atoms with Gasteiger partial charge in [-0.2, -0.15) is 0 Å². The number of hydrogen-bond donors (Lipinski definition) is 1. The van der Waals surface area contributed by atoms with E-state index in [0.29, 0.717) is 10.6 Å². The number of nitro groups is 1. The van der Waals surface area contributed by atoms with E-state index >= 15 is 0 Å². The lowest BCUT2D eigenvalue weighted by molar-refractivity contribution is -0.385. The average Bonchev–Trinajstić information content (AvgIpc) is 2.69. The minimum absolute atomic E-state index is 0.261. The molecule has 3 rings (SSSR count). The van der Waals surface area contributed by atoms with Gasteiger partial charge in [0, 0.05) is 6.07 Å². The van der Waals surface area contributed by atoms with E-state index < -0.39 is 23.9 Å². The Morgan fingerprint density at radius 2 is 1.44 bits per heavy atom. The molecule has 0 amide bonds. The molecule has 0 heterocycles. The first-order chi connectivity index (χ1) is 12.9. The summed E-state index contributed by atoms with van der Waals surface area (Å²) in [5, 5.41) is 21.2. The third kappa shape index (κ3) is 3.73. The van der Waals surface area contributed by atoms with Gasteiger partial charge in [0.25, 0.3) is 0 Å². The Labute approximate surface area is 154 Å². The number of nitro benzene ring substituents is 1. The van der Waals surface area contributed by atoms with Crippen LogP contribution in [-0.2, 0) is 4.57 Å². The highest BCUT2D eigenvalue weighted by Crippen LogP contribution is 2.47. The van der Waals surface area contributed by atoms with Crippen molar-refractivity contribution < 1.29 is 23.9 Å². The predicted molar refractivity (Wildman–Crippen MR) is 100 cm³/mol. The average molecular weight is 383 g/mol. The zero-order valence-electron chi connectivity index (χ0n) is 13.9. The van der Waals surface area contributed by atoms with E-state index in [9.17, 15) is 19.5 Å². The van der Waals surface area contributed by atoms with Gasteiger partial charge in [0.15, 0.2) is 0 Å². The topological polar surface area (TPSA) is 107 Å². The van der Waals surface area contributed by atoms with E-state index in [2.05, 4.69) is 0 Å². The third-order valence-corrected chi connectivity index (χ3v) is 6.23. The smallest absolute Gasteiger partial charge is 0.335 e. The number of carbonyl (C=O) groups is 1. The molecule has 1 N–H and O–H groups in total. The first-order valence-corrected chi connectivity index (χ1v) is 9.47. The summed E-state index contributed by atoms with van der Waals surface area (Å²) in [5.41, 5.74) is -0.828. The van der Waals surface area contributed by atoms with Crippen LogP contribution in [0.5, 0.6) is 5.75 Å². The summed E-state index contributed by atoms with van der Waals surface area (Å²) in [6.45, 7) is 0. The fraction of sp³-hybridized carbons (Fsp3) is 0. The van der Waals surface area contributed by atoms with Crippen molar-refractivity contribution in [3.63, 3.8) is 0 Å². The summed E-state index contributed by atoms with van der Waals surface area (Å²) in [6.07, 6.45) is 0. The van der Waals surface area contributed by atoms with E-state index in [-0.39, 0.29) is 11.3 Å². The highest BCUT2D eigenvalue weighted by Gasteiger charge is 2.33. The van der Waals surface area contributed by atoms with Crippen LogP contribution in [0.25, 0.3) is 0 Å². The minimum atomic E-state index is -3.70. The quantitative estimate of drug-likeness (QED) is 0.396. The van der Waals surface area contributed by atoms with Gasteiger partial charge in [-0.05, 0) is 36.4 Å². The van der Waals surface area contributed by atoms with Crippen molar-refractivity contribution in [2.75, 3.05) is 0 Å². The monoisotopic (exact) mass is 383 g/mol. The van der Waals surface area contributed by atoms with E-state index in [4.69, 9.17) is 9.63 Å². The zero-order valence-corrected chi connectivity index (χ0v) is 14.8. The number of hydrogen-bond acceptors (Lipinski definition) is 5. The molecule has 0 bridgehead atoms. The maximum atomic E-state index is 13.8. The first-order valence-electron chi connectivity index (χ1n) is 7.84. The molecule has 8 heteroatoms. The van der Waals surface area contributed by atoms with Gasteiger partial charge in [-0.3, -0.25) is 14.7 Å². The van der Waals surface area contributed by atoms with Gasteiger partial charge in [-0.25, -0.2) is 4.79 Å². The normalized spacial score (nSPS) is 11.0. The van der Waals surface area contributed by atoms with Crippen LogP contribution in [-0.4, -0.2) is 16.0 Å². The molecule has 136 valence electrons. The molecule has 3 aromatic rings. The van der Waals surface area contributed by atoms with E-state index in [1.807, 2.05) is 0 Å². The van der Waals surface area contributed by atoms with Crippen molar-refractivity contribution in [1.29, 1.82) is 0 Å². The minimum Gasteiger partial charge on any atom is -0.478 e. The van der Waals surface area contributed by atoms with Gasteiger partial charge in [0.2, 0.25) is 5.75 Å². The van der Waals surface area contributed by atoms with Crippen LogP contribution < -0.4 is 15.1 Å². The molecule has 0 spiro atoms. The van der Waals surface area contributed by atoms with Crippen LogP contribution in [0.2, 0.25) is 0 Å². The van der Waals surface area contributed by atoms with Gasteiger partial charge >= 0.3 is 19.0 Å². The summed E-state index contributed by atoms with van der Waals surface area (Å²) in [5.74, 6) is -1.57. The molecule has 0 aliphatic heterocycles. The molecule has 0 radical (unpaired) electrons. The Balaban J connectivity index is 2.15. The second-order valence-electron chi connectivity index (χ2n) is 5.56. The molecule has 0 saturated heterocycles. The molecule has 0 aromatic heterocycles. The van der Waals surface area contributed by atoms with Gasteiger partial charge < -0.3 is 9.63 Å².